The van der Waals surface area contributed by atoms with E-state index in [9.17, 15) is 9.00 Å². The van der Waals surface area contributed by atoms with Gasteiger partial charge < -0.3 is 19.3 Å². The predicted octanol–water partition coefficient (Wildman–Crippen LogP) is 7.03. The summed E-state index contributed by atoms with van der Waals surface area (Å²) in [5, 5.41) is 7.61. The number of benzene rings is 2. The van der Waals surface area contributed by atoms with Crippen LogP contribution in [0.15, 0.2) is 48.8 Å². The average molecular weight is 683 g/mol. The number of aromatic nitrogens is 2. The molecule has 2 N–H and O–H groups in total. The highest BCUT2D eigenvalue weighted by molar-refractivity contribution is 7.84. The van der Waals surface area contributed by atoms with E-state index >= 15 is 0 Å². The largest absolute Gasteiger partial charge is 0.491 e. The van der Waals surface area contributed by atoms with Crippen molar-refractivity contribution in [2.45, 2.75) is 82.8 Å². The van der Waals surface area contributed by atoms with Crippen LogP contribution in [0.1, 0.15) is 98.4 Å². The van der Waals surface area contributed by atoms with Crippen LogP contribution in [0, 0.1) is 17.8 Å². The molecule has 1 aliphatic carbocycles. The molecular formula is C37H51ClN4O4S. The normalized spacial score (nSPS) is 28.0. The van der Waals surface area contributed by atoms with Gasteiger partial charge in [-0.1, -0.05) is 44.4 Å². The lowest BCUT2D eigenvalue weighted by molar-refractivity contribution is 0.0982. The summed E-state index contributed by atoms with van der Waals surface area (Å²) in [5.74, 6) is 3.45. The van der Waals surface area contributed by atoms with Crippen LogP contribution in [-0.2, 0) is 24.5 Å². The van der Waals surface area contributed by atoms with Crippen LogP contribution >= 0.6 is 11.6 Å². The van der Waals surface area contributed by atoms with Crippen LogP contribution < -0.4 is 14.4 Å². The number of nitrogens with zero attached hydrogens (tertiary/aromatic N) is 3. The highest BCUT2D eigenvalue weighted by Crippen LogP contribution is 2.48. The van der Waals surface area contributed by atoms with Gasteiger partial charge in [0.2, 0.25) is 0 Å². The molecule has 2 bridgehead atoms. The fourth-order valence-electron chi connectivity index (χ4n) is 7.71. The number of amides is 1. The minimum Gasteiger partial charge on any atom is -0.491 e. The van der Waals surface area contributed by atoms with Crippen LogP contribution in [0.4, 0.5) is 5.69 Å². The standard InChI is InChI=1S/C36H47ClN4O3S.CH4O/c1-5-7-25-18-29(37)12-14-30(25)28-21-41-20-27-10-13-31(27)32(35-38-16-17-40(35)4)9-6-8-23(2)24(3)45(43)39-36(42)26-11-15-34(44-22-28)33(41)19-26;1-2/h11-12,14-19,23-24,27-28,31-32H,5-10,13,20-22H2,1-4H3,(H,39,42);2H,1H3. The molecule has 10 heteroatoms. The summed E-state index contributed by atoms with van der Waals surface area (Å²) in [7, 11) is 1.63. The Labute approximate surface area is 287 Å². The van der Waals surface area contributed by atoms with E-state index in [1.165, 1.54) is 29.8 Å². The molecule has 3 aromatic rings. The average Bonchev–Trinajstić information content (AvgIpc) is 3.40. The molecule has 7 atom stereocenters. The maximum absolute atomic E-state index is 13.4. The first-order valence-corrected chi connectivity index (χ1v) is 18.8. The second-order valence-corrected chi connectivity index (χ2v) is 15.5. The minimum absolute atomic E-state index is 0.150. The summed E-state index contributed by atoms with van der Waals surface area (Å²) < 4.78 is 24.8. The summed E-state index contributed by atoms with van der Waals surface area (Å²) >= 11 is 6.45. The molecule has 0 saturated heterocycles. The molecule has 47 heavy (non-hydrogen) atoms. The Morgan fingerprint density at radius 1 is 1.09 bits per heavy atom. The molecule has 1 saturated carbocycles. The Morgan fingerprint density at radius 2 is 1.89 bits per heavy atom. The zero-order valence-corrected chi connectivity index (χ0v) is 30.0. The molecule has 3 heterocycles. The van der Waals surface area contributed by atoms with Gasteiger partial charge in [0.25, 0.3) is 5.91 Å². The molecule has 2 aromatic carbocycles. The lowest BCUT2D eigenvalue weighted by atomic mass is 9.65. The summed E-state index contributed by atoms with van der Waals surface area (Å²) in [4.78, 5) is 20.7. The van der Waals surface area contributed by atoms with Gasteiger partial charge in [-0.25, -0.2) is 9.19 Å². The molecule has 1 amide bonds. The number of aliphatic hydroxyl groups is 1. The molecule has 0 radical (unpaired) electrons. The number of imidazole rings is 1. The van der Waals surface area contributed by atoms with E-state index in [0.717, 1.165) is 68.8 Å². The zero-order chi connectivity index (χ0) is 33.7. The van der Waals surface area contributed by atoms with E-state index in [4.69, 9.17) is 26.4 Å². The van der Waals surface area contributed by atoms with E-state index in [1.54, 1.807) is 6.07 Å². The maximum atomic E-state index is 13.4. The molecule has 8 nitrogen and oxygen atoms in total. The topological polar surface area (TPSA) is 96.7 Å². The molecule has 6 rings (SSSR count). The van der Waals surface area contributed by atoms with Gasteiger partial charge >= 0.3 is 0 Å². The number of anilines is 1. The van der Waals surface area contributed by atoms with Crippen molar-refractivity contribution in [1.82, 2.24) is 14.3 Å². The number of aliphatic hydroxyl groups excluding tert-OH is 1. The first kappa shape index (κ1) is 35.4. The van der Waals surface area contributed by atoms with E-state index in [2.05, 4.69) is 53.4 Å². The van der Waals surface area contributed by atoms with E-state index in [0.29, 0.717) is 29.9 Å². The first-order chi connectivity index (χ1) is 22.7. The van der Waals surface area contributed by atoms with Crippen molar-refractivity contribution in [2.75, 3.05) is 31.7 Å². The summed E-state index contributed by atoms with van der Waals surface area (Å²) in [6.45, 7) is 8.56. The Morgan fingerprint density at radius 3 is 2.60 bits per heavy atom. The smallest absolute Gasteiger partial charge is 0.263 e. The van der Waals surface area contributed by atoms with Crippen molar-refractivity contribution in [3.63, 3.8) is 0 Å². The molecular weight excluding hydrogens is 632 g/mol. The third-order valence-electron chi connectivity index (χ3n) is 10.7. The van der Waals surface area contributed by atoms with Gasteiger partial charge in [-0.3, -0.25) is 9.52 Å². The lowest BCUT2D eigenvalue weighted by Crippen LogP contribution is -2.42. The summed E-state index contributed by atoms with van der Waals surface area (Å²) in [6.07, 6.45) is 11.4. The molecule has 0 spiro atoms. The quantitative estimate of drug-likeness (QED) is 0.307. The Balaban J connectivity index is 0.00000213. The molecule has 7 unspecified atom stereocenters. The number of rotatable bonds is 4. The number of nitrogens with one attached hydrogen (secondary N) is 1. The van der Waals surface area contributed by atoms with Gasteiger partial charge in [-0.2, -0.15) is 0 Å². The molecule has 2 aliphatic heterocycles. The number of carbonyl (C=O) groups excluding carboxylic acids is 1. The Kier molecular flexibility index (Phi) is 12.1. The fraction of sp³-hybridized carbons (Fsp3) is 0.568. The first-order valence-electron chi connectivity index (χ1n) is 17.2. The Hall–Kier alpha value is -2.88. The van der Waals surface area contributed by atoms with Crippen LogP contribution in [0.3, 0.4) is 0 Å². The minimum atomic E-state index is -1.49. The van der Waals surface area contributed by atoms with Crippen molar-refractivity contribution >= 4 is 34.2 Å². The van der Waals surface area contributed by atoms with E-state index < -0.39 is 11.0 Å². The summed E-state index contributed by atoms with van der Waals surface area (Å²) in [6, 6.07) is 11.9. The molecule has 256 valence electrons. The SMILES string of the molecule is CCCc1cc(Cl)ccc1C1COc2ccc3cc2N(C1)CC1CCC1C(c1nccn1C)CCCC(C)C(C)S(=O)NC3=O.CO. The second kappa shape index (κ2) is 16.0. The zero-order valence-electron chi connectivity index (χ0n) is 28.5. The number of carbonyl (C=O) groups is 1. The van der Waals surface area contributed by atoms with E-state index in [-0.39, 0.29) is 23.0 Å². The third-order valence-corrected chi connectivity index (χ3v) is 12.4. The van der Waals surface area contributed by atoms with Crippen molar-refractivity contribution in [2.24, 2.45) is 24.8 Å². The van der Waals surface area contributed by atoms with Crippen molar-refractivity contribution in [3.05, 3.63) is 76.3 Å². The number of halogens is 1. The van der Waals surface area contributed by atoms with Gasteiger partial charge in [0.05, 0.1) is 17.5 Å². The van der Waals surface area contributed by atoms with Gasteiger partial charge in [0, 0.05) is 62.1 Å². The van der Waals surface area contributed by atoms with Crippen molar-refractivity contribution in [1.29, 1.82) is 0 Å². The predicted molar refractivity (Wildman–Crippen MR) is 191 cm³/mol. The molecule has 3 aliphatic rings. The number of ether oxygens (including phenoxy) is 1. The van der Waals surface area contributed by atoms with Gasteiger partial charge in [0.15, 0.2) is 0 Å². The van der Waals surface area contributed by atoms with Crippen molar-refractivity contribution in [3.8, 4) is 5.75 Å². The monoisotopic (exact) mass is 682 g/mol. The van der Waals surface area contributed by atoms with E-state index in [1.807, 2.05) is 31.3 Å². The number of hydrogen-bond acceptors (Lipinski definition) is 6. The van der Waals surface area contributed by atoms with Gasteiger partial charge in [-0.15, -0.1) is 0 Å². The molecule has 1 fully saturated rings. The second-order valence-electron chi connectivity index (χ2n) is 13.5. The number of hydrogen-bond donors (Lipinski definition) is 2. The van der Waals surface area contributed by atoms with Crippen LogP contribution in [-0.4, -0.2) is 56.8 Å². The maximum Gasteiger partial charge on any atom is 0.263 e. The van der Waals surface area contributed by atoms with Crippen LogP contribution in [0.5, 0.6) is 5.75 Å². The lowest BCUT2D eigenvalue weighted by Gasteiger charge is -2.45. The number of aryl methyl sites for hydroxylation is 2. The van der Waals surface area contributed by atoms with Gasteiger partial charge in [-0.05, 0) is 98.2 Å². The Bertz CT molecular complexity index is 1550. The van der Waals surface area contributed by atoms with Crippen molar-refractivity contribution < 1.29 is 18.8 Å². The van der Waals surface area contributed by atoms with Crippen LogP contribution in [0.2, 0.25) is 5.02 Å². The fourth-order valence-corrected chi connectivity index (χ4v) is 8.95. The summed E-state index contributed by atoms with van der Waals surface area (Å²) in [5.41, 5.74) is 4.01. The molecule has 1 aromatic heterocycles. The highest BCUT2D eigenvalue weighted by atomic mass is 35.5. The third kappa shape index (κ3) is 7.89. The van der Waals surface area contributed by atoms with Crippen LogP contribution in [0.25, 0.3) is 0 Å². The van der Waals surface area contributed by atoms with Gasteiger partial charge in [0.1, 0.15) is 22.6 Å². The number of fused-ring (bicyclic) bond motifs is 2. The highest BCUT2D eigenvalue weighted by Gasteiger charge is 2.41.